The third-order valence-corrected chi connectivity index (χ3v) is 7.36. The van der Waals surface area contributed by atoms with Crippen molar-refractivity contribution in [2.24, 2.45) is 7.05 Å². The topological polar surface area (TPSA) is 78.1 Å². The maximum Gasteiger partial charge on any atom is 0.270 e. The van der Waals surface area contributed by atoms with E-state index in [2.05, 4.69) is 5.32 Å². The van der Waals surface area contributed by atoms with Crippen LogP contribution in [-0.4, -0.2) is 19.7 Å². The maximum absolute atomic E-state index is 13.3. The Morgan fingerprint density at radius 3 is 2.36 bits per heavy atom. The molecule has 0 unspecified atom stereocenters. The molecule has 0 saturated carbocycles. The van der Waals surface area contributed by atoms with Gasteiger partial charge < -0.3 is 5.32 Å². The summed E-state index contributed by atoms with van der Waals surface area (Å²) in [6.45, 7) is 4.35. The van der Waals surface area contributed by atoms with Gasteiger partial charge in [0.15, 0.2) is 0 Å². The van der Waals surface area contributed by atoms with Crippen molar-refractivity contribution in [2.45, 2.75) is 26.9 Å². The van der Waals surface area contributed by atoms with Crippen LogP contribution in [0.15, 0.2) is 58.2 Å². The summed E-state index contributed by atoms with van der Waals surface area (Å²) in [5.41, 5.74) is 3.47. The molecule has 0 bridgehead atoms. The number of carbonyl (C=O) groups excluding carboxylic acids is 1. The number of nitrogens with one attached hydrogen (secondary N) is 1. The normalized spacial score (nSPS) is 14.4. The van der Waals surface area contributed by atoms with E-state index in [0.29, 0.717) is 39.3 Å². The van der Waals surface area contributed by atoms with Gasteiger partial charge in [-0.05, 0) is 48.7 Å². The number of thiocarbonyl (C=S) groups is 1. The molecule has 2 aromatic carbocycles. The molecule has 2 heterocycles. The zero-order valence-electron chi connectivity index (χ0n) is 20.0. The minimum absolute atomic E-state index is 0.00576. The summed E-state index contributed by atoms with van der Waals surface area (Å²) < 4.78 is 15.1. The van der Waals surface area contributed by atoms with Gasteiger partial charge in [0.2, 0.25) is 0 Å². The number of hydrogen-bond acceptors (Lipinski definition) is 6. The highest BCUT2D eigenvalue weighted by atomic mass is 32.2. The second-order valence-electron chi connectivity index (χ2n) is 8.47. The number of nitrogens with zero attached hydrogens (tertiary/aromatic N) is 3. The van der Waals surface area contributed by atoms with Gasteiger partial charge in [0, 0.05) is 19.2 Å². The Balaban J connectivity index is 1.71. The van der Waals surface area contributed by atoms with Crippen LogP contribution in [0, 0.1) is 31.0 Å². The molecule has 182 valence electrons. The van der Waals surface area contributed by atoms with Gasteiger partial charge in [0.25, 0.3) is 11.5 Å². The van der Waals surface area contributed by atoms with Gasteiger partial charge in [-0.15, -0.1) is 0 Å². The Morgan fingerprint density at radius 2 is 1.72 bits per heavy atom. The molecule has 1 aromatic heterocycles. The van der Waals surface area contributed by atoms with Crippen molar-refractivity contribution in [3.8, 4) is 6.07 Å². The molecule has 9 heteroatoms. The zero-order chi connectivity index (χ0) is 26.0. The van der Waals surface area contributed by atoms with Crippen molar-refractivity contribution in [3.05, 3.63) is 103 Å². The molecule has 6 nitrogen and oxygen atoms in total. The lowest BCUT2D eigenvalue weighted by Crippen LogP contribution is -2.27. The van der Waals surface area contributed by atoms with Gasteiger partial charge >= 0.3 is 0 Å². The van der Waals surface area contributed by atoms with Crippen LogP contribution in [0.4, 0.5) is 10.2 Å². The molecule has 36 heavy (non-hydrogen) atoms. The van der Waals surface area contributed by atoms with E-state index in [1.54, 1.807) is 37.1 Å². The number of benzene rings is 2. The van der Waals surface area contributed by atoms with E-state index < -0.39 is 5.56 Å². The Labute approximate surface area is 218 Å². The highest BCUT2D eigenvalue weighted by molar-refractivity contribution is 8.26. The van der Waals surface area contributed by atoms with Gasteiger partial charge in [-0.1, -0.05) is 65.9 Å². The number of thioether (sulfide) groups is 1. The molecular formula is C27H23FN4O2S2. The SMILES string of the molecule is Cc1ccc(CN2C(=O)/C(=C\c3c(C)c(C#N)c(=O)n(C)c3NCc3ccc(F)cc3)SC2=S)cc1. The second kappa shape index (κ2) is 10.5. The highest BCUT2D eigenvalue weighted by Crippen LogP contribution is 2.35. The van der Waals surface area contributed by atoms with Crippen molar-refractivity contribution in [3.63, 3.8) is 0 Å². The van der Waals surface area contributed by atoms with Gasteiger partial charge in [-0.25, -0.2) is 4.39 Å². The summed E-state index contributed by atoms with van der Waals surface area (Å²) in [7, 11) is 1.57. The molecule has 1 N–H and O–H groups in total. The van der Waals surface area contributed by atoms with Crippen LogP contribution in [0.2, 0.25) is 0 Å². The fourth-order valence-electron chi connectivity index (χ4n) is 3.88. The number of amides is 1. The van der Waals surface area contributed by atoms with Crippen molar-refractivity contribution < 1.29 is 9.18 Å². The number of pyridine rings is 1. The molecule has 1 aliphatic heterocycles. The van der Waals surface area contributed by atoms with Crippen LogP contribution in [-0.2, 0) is 24.9 Å². The second-order valence-corrected chi connectivity index (χ2v) is 10.1. The monoisotopic (exact) mass is 518 g/mol. The van der Waals surface area contributed by atoms with Crippen LogP contribution in [0.3, 0.4) is 0 Å². The summed E-state index contributed by atoms with van der Waals surface area (Å²) in [6.07, 6.45) is 1.68. The number of carbonyl (C=O) groups is 1. The molecule has 3 aromatic rings. The van der Waals surface area contributed by atoms with E-state index in [0.717, 1.165) is 16.7 Å². The predicted octanol–water partition coefficient (Wildman–Crippen LogP) is 5.03. The summed E-state index contributed by atoms with van der Waals surface area (Å²) >= 11 is 6.68. The third kappa shape index (κ3) is 5.10. The summed E-state index contributed by atoms with van der Waals surface area (Å²) in [4.78, 5) is 28.1. The molecule has 1 saturated heterocycles. The van der Waals surface area contributed by atoms with Gasteiger partial charge in [0.05, 0.1) is 11.4 Å². The average molecular weight is 519 g/mol. The summed E-state index contributed by atoms with van der Waals surface area (Å²) in [5.74, 6) is -0.125. The van der Waals surface area contributed by atoms with Crippen LogP contribution < -0.4 is 10.9 Å². The molecule has 0 spiro atoms. The highest BCUT2D eigenvalue weighted by Gasteiger charge is 2.32. The van der Waals surface area contributed by atoms with E-state index in [4.69, 9.17) is 12.2 Å². The number of hydrogen-bond donors (Lipinski definition) is 1. The van der Waals surface area contributed by atoms with Crippen molar-refractivity contribution in [1.82, 2.24) is 9.47 Å². The molecule has 0 atom stereocenters. The molecule has 0 radical (unpaired) electrons. The molecule has 0 aliphatic carbocycles. The van der Waals surface area contributed by atoms with Gasteiger partial charge in [-0.3, -0.25) is 19.1 Å². The Morgan fingerprint density at radius 1 is 1.08 bits per heavy atom. The van der Waals surface area contributed by atoms with Crippen molar-refractivity contribution in [2.75, 3.05) is 5.32 Å². The van der Waals surface area contributed by atoms with Crippen LogP contribution in [0.25, 0.3) is 6.08 Å². The number of halogens is 1. The van der Waals surface area contributed by atoms with Crippen molar-refractivity contribution in [1.29, 1.82) is 5.26 Å². The smallest absolute Gasteiger partial charge is 0.270 e. The van der Waals surface area contributed by atoms with E-state index in [9.17, 15) is 19.2 Å². The zero-order valence-corrected chi connectivity index (χ0v) is 21.6. The van der Waals surface area contributed by atoms with Crippen LogP contribution in [0.5, 0.6) is 0 Å². The van der Waals surface area contributed by atoms with Crippen LogP contribution in [0.1, 0.15) is 33.4 Å². The number of aryl methyl sites for hydroxylation is 1. The van der Waals surface area contributed by atoms with E-state index in [1.807, 2.05) is 37.3 Å². The Bertz CT molecular complexity index is 1490. The number of rotatable bonds is 6. The van der Waals surface area contributed by atoms with Crippen molar-refractivity contribution >= 4 is 46.1 Å². The average Bonchev–Trinajstić information content (AvgIpc) is 3.12. The first kappa shape index (κ1) is 25.4. The van der Waals surface area contributed by atoms with Crippen LogP contribution >= 0.6 is 24.0 Å². The standard InChI is InChI=1S/C27H23FN4O2S2/c1-16-4-6-19(7-5-16)15-32-26(34)23(36-27(32)35)12-21-17(2)22(13-29)25(33)31(3)24(21)30-14-18-8-10-20(28)11-9-18/h4-12,30H,14-15H2,1-3H3/b23-12+. The fourth-order valence-corrected chi connectivity index (χ4v) is 5.11. The first-order valence-corrected chi connectivity index (χ1v) is 12.3. The first-order valence-electron chi connectivity index (χ1n) is 11.1. The largest absolute Gasteiger partial charge is 0.367 e. The Hall–Kier alpha value is -3.74. The third-order valence-electron chi connectivity index (χ3n) is 5.98. The lowest BCUT2D eigenvalue weighted by molar-refractivity contribution is -0.122. The predicted molar refractivity (Wildman–Crippen MR) is 145 cm³/mol. The molecular weight excluding hydrogens is 495 g/mol. The van der Waals surface area contributed by atoms with E-state index >= 15 is 0 Å². The van der Waals surface area contributed by atoms with Gasteiger partial charge in [-0.2, -0.15) is 5.26 Å². The number of nitriles is 1. The maximum atomic E-state index is 13.3. The molecule has 1 amide bonds. The molecule has 4 rings (SSSR count). The van der Waals surface area contributed by atoms with E-state index in [-0.39, 0.29) is 17.3 Å². The molecule has 1 fully saturated rings. The lowest BCUT2D eigenvalue weighted by Gasteiger charge is -2.18. The summed E-state index contributed by atoms with van der Waals surface area (Å²) in [5, 5.41) is 12.8. The lowest BCUT2D eigenvalue weighted by atomic mass is 10.0. The number of aromatic nitrogens is 1. The summed E-state index contributed by atoms with van der Waals surface area (Å²) in [6, 6.07) is 15.9. The first-order chi connectivity index (χ1) is 17.2. The minimum Gasteiger partial charge on any atom is -0.367 e. The van der Waals surface area contributed by atoms with Gasteiger partial charge in [0.1, 0.15) is 27.6 Å². The number of anilines is 1. The van der Waals surface area contributed by atoms with E-state index in [1.165, 1.54) is 28.5 Å². The molecule has 1 aliphatic rings. The quantitative estimate of drug-likeness (QED) is 0.365. The minimum atomic E-state index is -0.444. The Kier molecular flexibility index (Phi) is 7.38. The fraction of sp³-hybridized carbons (Fsp3) is 0.185.